The van der Waals surface area contributed by atoms with Gasteiger partial charge in [-0.1, -0.05) is 42.5 Å². The third kappa shape index (κ3) is 3.58. The van der Waals surface area contributed by atoms with Crippen LogP contribution in [-0.2, 0) is 16.0 Å². The Labute approximate surface area is 187 Å². The number of hydrazine groups is 1. The van der Waals surface area contributed by atoms with E-state index in [1.165, 1.54) is 5.56 Å². The summed E-state index contributed by atoms with van der Waals surface area (Å²) in [6.45, 7) is 1.27. The Hall–Kier alpha value is -3.45. The molecule has 1 aromatic heterocycles. The summed E-state index contributed by atoms with van der Waals surface area (Å²) in [4.78, 5) is 32.0. The predicted molar refractivity (Wildman–Crippen MR) is 119 cm³/mol. The van der Waals surface area contributed by atoms with Crippen molar-refractivity contribution in [3.8, 4) is 0 Å². The number of hydrogen-bond acceptors (Lipinski definition) is 6. The number of carbonyl (C=O) groups excluding carboxylic acids is 2. The maximum Gasteiger partial charge on any atom is 0.276 e. The lowest BCUT2D eigenvalue weighted by atomic mass is 9.94. The maximum atomic E-state index is 13.3. The molecule has 0 aliphatic carbocycles. The summed E-state index contributed by atoms with van der Waals surface area (Å²) < 4.78 is 0. The number of aromatic nitrogens is 1. The molecule has 2 aromatic rings. The minimum atomic E-state index is -0.434. The van der Waals surface area contributed by atoms with E-state index in [-0.39, 0.29) is 29.9 Å². The number of ketones is 1. The first kappa shape index (κ1) is 20.5. The van der Waals surface area contributed by atoms with Crippen LogP contribution in [0.1, 0.15) is 42.1 Å². The van der Waals surface area contributed by atoms with Gasteiger partial charge in [0.25, 0.3) is 5.91 Å². The first-order chi connectivity index (χ1) is 15.6. The van der Waals surface area contributed by atoms with Gasteiger partial charge in [-0.25, -0.2) is 0 Å². The first-order valence-electron chi connectivity index (χ1n) is 11.1. The maximum absolute atomic E-state index is 13.3. The highest BCUT2D eigenvalue weighted by molar-refractivity contribution is 6.05. The van der Waals surface area contributed by atoms with E-state index in [0.717, 1.165) is 30.5 Å². The highest BCUT2D eigenvalue weighted by Gasteiger charge is 2.44. The quantitative estimate of drug-likeness (QED) is 0.701. The van der Waals surface area contributed by atoms with Crippen LogP contribution in [0.3, 0.4) is 0 Å². The topological polar surface area (TPSA) is 77.0 Å². The van der Waals surface area contributed by atoms with Crippen molar-refractivity contribution in [2.75, 3.05) is 19.8 Å². The lowest BCUT2D eigenvalue weighted by molar-refractivity contribution is -0.159. The van der Waals surface area contributed by atoms with Crippen molar-refractivity contribution < 1.29 is 14.7 Å². The van der Waals surface area contributed by atoms with Crippen LogP contribution in [0.15, 0.2) is 72.3 Å². The Kier molecular flexibility index (Phi) is 5.49. The molecule has 2 bridgehead atoms. The number of pyridine rings is 1. The number of allylic oxidation sites excluding steroid dienone is 3. The van der Waals surface area contributed by atoms with Crippen LogP contribution in [0.25, 0.3) is 0 Å². The Balaban J connectivity index is 1.72. The highest BCUT2D eigenvalue weighted by Crippen LogP contribution is 2.37. The predicted octanol–water partition coefficient (Wildman–Crippen LogP) is 3.12. The number of aliphatic hydroxyl groups excluding tert-OH is 1. The highest BCUT2D eigenvalue weighted by atomic mass is 16.3. The summed E-state index contributed by atoms with van der Waals surface area (Å²) in [6, 6.07) is 13.9. The largest absolute Gasteiger partial charge is 0.503 e. The molecule has 1 amide bonds. The molecule has 2 atom stereocenters. The van der Waals surface area contributed by atoms with Crippen molar-refractivity contribution in [3.63, 3.8) is 0 Å². The van der Waals surface area contributed by atoms with Crippen molar-refractivity contribution in [2.24, 2.45) is 0 Å². The Morgan fingerprint density at radius 1 is 1.00 bits per heavy atom. The van der Waals surface area contributed by atoms with Gasteiger partial charge in [0.05, 0.1) is 18.4 Å². The number of hydrogen-bond donors (Lipinski definition) is 1. The summed E-state index contributed by atoms with van der Waals surface area (Å²) in [7, 11) is 0. The number of nitrogens with zero attached hydrogens (tertiary/aromatic N) is 4. The number of amides is 1. The summed E-state index contributed by atoms with van der Waals surface area (Å²) in [5, 5.41) is 14.5. The fraction of sp³-hybridized carbons (Fsp3) is 0.320. The summed E-state index contributed by atoms with van der Waals surface area (Å²) >= 11 is 0. The Morgan fingerprint density at radius 2 is 1.84 bits per heavy atom. The lowest BCUT2D eigenvalue weighted by Gasteiger charge is -2.50. The van der Waals surface area contributed by atoms with Gasteiger partial charge in [0, 0.05) is 25.7 Å². The zero-order valence-electron chi connectivity index (χ0n) is 17.9. The van der Waals surface area contributed by atoms with Crippen LogP contribution in [0, 0.1) is 0 Å². The van der Waals surface area contributed by atoms with Gasteiger partial charge in [-0.2, -0.15) is 5.01 Å². The summed E-state index contributed by atoms with van der Waals surface area (Å²) in [6.07, 6.45) is 8.77. The molecule has 1 aromatic carbocycles. The van der Waals surface area contributed by atoms with E-state index >= 15 is 0 Å². The number of Topliss-reactive ketones (excluding diaryl/α,β-unsaturated/α-hetero) is 1. The summed E-state index contributed by atoms with van der Waals surface area (Å²) in [5.74, 6) is -1.11. The van der Waals surface area contributed by atoms with Crippen LogP contribution in [0.2, 0.25) is 0 Å². The average molecular weight is 431 g/mol. The van der Waals surface area contributed by atoms with Crippen molar-refractivity contribution in [1.82, 2.24) is 19.9 Å². The van der Waals surface area contributed by atoms with Gasteiger partial charge in [-0.05, 0) is 42.5 Å². The third-order valence-electron chi connectivity index (χ3n) is 6.33. The van der Waals surface area contributed by atoms with E-state index in [1.54, 1.807) is 16.1 Å². The molecule has 7 nitrogen and oxygen atoms in total. The summed E-state index contributed by atoms with van der Waals surface area (Å²) in [5.41, 5.74) is 3.22. The van der Waals surface area contributed by atoms with Crippen LogP contribution in [0.5, 0.6) is 0 Å². The molecule has 5 rings (SSSR count). The van der Waals surface area contributed by atoms with Crippen LogP contribution < -0.4 is 0 Å². The van der Waals surface area contributed by atoms with Gasteiger partial charge in [0.2, 0.25) is 5.78 Å². The monoisotopic (exact) mass is 430 g/mol. The molecule has 2 unspecified atom stereocenters. The van der Waals surface area contributed by atoms with Crippen molar-refractivity contribution in [3.05, 3.63) is 89.1 Å². The molecule has 1 N–H and O–H groups in total. The fourth-order valence-electron chi connectivity index (χ4n) is 4.74. The average Bonchev–Trinajstić information content (AvgIpc) is 2.81. The molecule has 7 heteroatoms. The van der Waals surface area contributed by atoms with E-state index in [0.29, 0.717) is 19.8 Å². The first-order valence-corrected chi connectivity index (χ1v) is 11.1. The Bertz CT molecular complexity index is 1100. The number of carbonyl (C=O) groups is 2. The van der Waals surface area contributed by atoms with E-state index in [4.69, 9.17) is 0 Å². The van der Waals surface area contributed by atoms with E-state index in [2.05, 4.69) is 34.3 Å². The minimum Gasteiger partial charge on any atom is -0.503 e. The second kappa shape index (κ2) is 8.59. The van der Waals surface area contributed by atoms with Crippen molar-refractivity contribution in [2.45, 2.75) is 31.7 Å². The van der Waals surface area contributed by atoms with Crippen LogP contribution >= 0.6 is 0 Å². The number of aliphatic hydroxyl groups is 1. The molecule has 4 heterocycles. The van der Waals surface area contributed by atoms with Gasteiger partial charge in [0.1, 0.15) is 0 Å². The van der Waals surface area contributed by atoms with Gasteiger partial charge in [0.15, 0.2) is 11.5 Å². The molecule has 1 saturated heterocycles. The molecule has 164 valence electrons. The molecule has 32 heavy (non-hydrogen) atoms. The van der Waals surface area contributed by atoms with Crippen LogP contribution in [0.4, 0.5) is 0 Å². The van der Waals surface area contributed by atoms with Gasteiger partial charge in [-0.15, -0.1) is 0 Å². The van der Waals surface area contributed by atoms with E-state index in [1.807, 2.05) is 30.3 Å². The SMILES string of the molecule is O=C1CCN2C(=C1O)C(=O)N1CCC/C=C/Cc3ccccc3C(c3ccccn3)N2C1. The second-order valence-electron chi connectivity index (χ2n) is 8.32. The molecule has 0 radical (unpaired) electrons. The lowest BCUT2D eigenvalue weighted by Crippen LogP contribution is -2.61. The molecule has 3 aliphatic heterocycles. The van der Waals surface area contributed by atoms with Gasteiger partial charge in [-0.3, -0.25) is 19.6 Å². The normalized spacial score (nSPS) is 24.9. The zero-order valence-corrected chi connectivity index (χ0v) is 17.9. The van der Waals surface area contributed by atoms with Gasteiger partial charge < -0.3 is 10.0 Å². The van der Waals surface area contributed by atoms with Crippen molar-refractivity contribution >= 4 is 11.7 Å². The zero-order chi connectivity index (χ0) is 22.1. The third-order valence-corrected chi connectivity index (χ3v) is 6.33. The molecule has 0 saturated carbocycles. The smallest absolute Gasteiger partial charge is 0.276 e. The molecule has 3 aliphatic rings. The fourth-order valence-corrected chi connectivity index (χ4v) is 4.74. The van der Waals surface area contributed by atoms with Crippen LogP contribution in [-0.4, -0.2) is 56.5 Å². The standard InChI is InChI=1S/C25H26N4O3/c30-21-13-16-28-23(24(21)31)25(32)27-15-8-2-1-3-9-18-10-4-5-11-19(18)22(29(28)17-27)20-12-6-7-14-26-20/h1,3-7,10-12,14,22,31H,2,8-9,13,15-17H2/b3-1+. The molecular weight excluding hydrogens is 404 g/mol. The Morgan fingerprint density at radius 3 is 2.69 bits per heavy atom. The molecule has 1 fully saturated rings. The number of rotatable bonds is 1. The number of benzene rings is 1. The molecule has 0 spiro atoms. The van der Waals surface area contributed by atoms with E-state index < -0.39 is 5.76 Å². The minimum absolute atomic E-state index is 0.0820. The van der Waals surface area contributed by atoms with Crippen molar-refractivity contribution in [1.29, 1.82) is 0 Å². The van der Waals surface area contributed by atoms with E-state index in [9.17, 15) is 14.7 Å². The number of fused-ring (bicyclic) bond motifs is 5. The second-order valence-corrected chi connectivity index (χ2v) is 8.32. The molecular formula is C25H26N4O3. The van der Waals surface area contributed by atoms with Gasteiger partial charge >= 0.3 is 0 Å².